The third-order valence-electron chi connectivity index (χ3n) is 3.25. The topological polar surface area (TPSA) is 50.5 Å². The van der Waals surface area contributed by atoms with Gasteiger partial charge in [-0.2, -0.15) is 11.3 Å². The second-order valence-electron chi connectivity index (χ2n) is 4.53. The molecule has 1 aromatic heterocycles. The molecular formula is C12H20BrN3OS. The Labute approximate surface area is 121 Å². The number of ether oxygens (including phenoxy) is 1. The van der Waals surface area contributed by atoms with Gasteiger partial charge < -0.3 is 4.74 Å². The molecule has 0 bridgehead atoms. The van der Waals surface area contributed by atoms with Crippen LogP contribution in [0.25, 0.3) is 0 Å². The van der Waals surface area contributed by atoms with E-state index in [-0.39, 0.29) is 12.1 Å². The SMILES string of the molecule is CCCN1CCOC(C(NN)c2cscc2Br)C1. The normalized spacial score (nSPS) is 23.2. The molecule has 6 heteroatoms. The van der Waals surface area contributed by atoms with Crippen molar-refractivity contribution in [3.8, 4) is 0 Å². The molecule has 2 rings (SSSR count). The lowest BCUT2D eigenvalue weighted by atomic mass is 10.0. The molecule has 2 atom stereocenters. The van der Waals surface area contributed by atoms with Crippen LogP contribution in [0.2, 0.25) is 0 Å². The van der Waals surface area contributed by atoms with Gasteiger partial charge in [0.2, 0.25) is 0 Å². The van der Waals surface area contributed by atoms with Gasteiger partial charge in [0.15, 0.2) is 0 Å². The van der Waals surface area contributed by atoms with Crippen molar-refractivity contribution in [1.29, 1.82) is 0 Å². The van der Waals surface area contributed by atoms with Crippen LogP contribution in [-0.2, 0) is 4.74 Å². The molecule has 1 aliphatic rings. The summed E-state index contributed by atoms with van der Waals surface area (Å²) in [6, 6.07) is 0.0466. The molecule has 18 heavy (non-hydrogen) atoms. The molecule has 1 saturated heterocycles. The smallest absolute Gasteiger partial charge is 0.0910 e. The molecule has 1 aromatic rings. The Hall–Kier alpha value is 0.0200. The van der Waals surface area contributed by atoms with Crippen LogP contribution in [0.4, 0.5) is 0 Å². The quantitative estimate of drug-likeness (QED) is 0.640. The molecule has 1 fully saturated rings. The van der Waals surface area contributed by atoms with Gasteiger partial charge in [-0.25, -0.2) is 0 Å². The fourth-order valence-electron chi connectivity index (χ4n) is 2.36. The lowest BCUT2D eigenvalue weighted by Gasteiger charge is -2.36. The molecule has 2 unspecified atom stereocenters. The first-order valence-corrected chi connectivity index (χ1v) is 8.01. The highest BCUT2D eigenvalue weighted by atomic mass is 79.9. The van der Waals surface area contributed by atoms with Crippen molar-refractivity contribution in [2.24, 2.45) is 5.84 Å². The molecular weight excluding hydrogens is 314 g/mol. The fourth-order valence-corrected chi connectivity index (χ4v) is 3.94. The van der Waals surface area contributed by atoms with Crippen LogP contribution in [-0.4, -0.2) is 37.2 Å². The molecule has 2 heterocycles. The Bertz CT molecular complexity index is 372. The van der Waals surface area contributed by atoms with Gasteiger partial charge in [-0.05, 0) is 39.8 Å². The van der Waals surface area contributed by atoms with Crippen molar-refractivity contribution < 1.29 is 4.74 Å². The maximum absolute atomic E-state index is 5.89. The van der Waals surface area contributed by atoms with E-state index in [0.29, 0.717) is 0 Å². The summed E-state index contributed by atoms with van der Waals surface area (Å²) in [5.74, 6) is 5.72. The summed E-state index contributed by atoms with van der Waals surface area (Å²) in [5.41, 5.74) is 4.09. The number of rotatable bonds is 5. The average molecular weight is 334 g/mol. The number of thiophene rings is 1. The highest BCUT2D eigenvalue weighted by molar-refractivity contribution is 9.10. The summed E-state index contributed by atoms with van der Waals surface area (Å²) in [5, 5.41) is 4.20. The van der Waals surface area contributed by atoms with Crippen LogP contribution in [0.1, 0.15) is 24.9 Å². The van der Waals surface area contributed by atoms with Crippen molar-refractivity contribution in [1.82, 2.24) is 10.3 Å². The monoisotopic (exact) mass is 333 g/mol. The summed E-state index contributed by atoms with van der Waals surface area (Å²) >= 11 is 5.24. The minimum atomic E-state index is 0.0466. The van der Waals surface area contributed by atoms with Crippen LogP contribution in [0.5, 0.6) is 0 Å². The van der Waals surface area contributed by atoms with E-state index in [1.54, 1.807) is 11.3 Å². The first-order chi connectivity index (χ1) is 8.76. The lowest BCUT2D eigenvalue weighted by Crippen LogP contribution is -2.49. The maximum atomic E-state index is 5.89. The minimum Gasteiger partial charge on any atom is -0.374 e. The minimum absolute atomic E-state index is 0.0466. The standard InChI is InChI=1S/C12H20BrN3OS/c1-2-3-16-4-5-17-11(6-16)12(15-14)9-7-18-8-10(9)13/h7-8,11-12,15H,2-6,14H2,1H3. The maximum Gasteiger partial charge on any atom is 0.0910 e. The average Bonchev–Trinajstić information content (AvgIpc) is 2.78. The zero-order chi connectivity index (χ0) is 13.0. The van der Waals surface area contributed by atoms with Crippen LogP contribution in [0, 0.1) is 0 Å². The van der Waals surface area contributed by atoms with Gasteiger partial charge in [0, 0.05) is 22.9 Å². The summed E-state index contributed by atoms with van der Waals surface area (Å²) in [4.78, 5) is 2.44. The molecule has 0 aromatic carbocycles. The summed E-state index contributed by atoms with van der Waals surface area (Å²) in [6.07, 6.45) is 1.29. The van der Waals surface area contributed by atoms with Gasteiger partial charge in [0.1, 0.15) is 0 Å². The van der Waals surface area contributed by atoms with Crippen molar-refractivity contribution in [2.75, 3.05) is 26.2 Å². The van der Waals surface area contributed by atoms with E-state index in [4.69, 9.17) is 10.6 Å². The van der Waals surface area contributed by atoms with Crippen LogP contribution >= 0.6 is 27.3 Å². The van der Waals surface area contributed by atoms with Crippen LogP contribution in [0.15, 0.2) is 15.2 Å². The molecule has 0 saturated carbocycles. The van der Waals surface area contributed by atoms with Crippen LogP contribution in [0.3, 0.4) is 0 Å². The van der Waals surface area contributed by atoms with E-state index in [2.05, 4.69) is 43.9 Å². The summed E-state index contributed by atoms with van der Waals surface area (Å²) < 4.78 is 6.99. The van der Waals surface area contributed by atoms with Gasteiger partial charge in [0.25, 0.3) is 0 Å². The Kier molecular flexibility index (Phi) is 5.59. The molecule has 1 aliphatic heterocycles. The number of morpholine rings is 1. The van der Waals surface area contributed by atoms with E-state index >= 15 is 0 Å². The van der Waals surface area contributed by atoms with Crippen LogP contribution < -0.4 is 11.3 Å². The summed E-state index contributed by atoms with van der Waals surface area (Å²) in [7, 11) is 0. The predicted molar refractivity (Wildman–Crippen MR) is 78.6 cm³/mol. The molecule has 3 N–H and O–H groups in total. The van der Waals surface area contributed by atoms with Gasteiger partial charge in [-0.3, -0.25) is 16.2 Å². The van der Waals surface area contributed by atoms with E-state index in [0.717, 1.165) is 30.7 Å². The molecule has 4 nitrogen and oxygen atoms in total. The summed E-state index contributed by atoms with van der Waals surface area (Å²) in [6.45, 7) is 6.07. The van der Waals surface area contributed by atoms with E-state index in [1.807, 2.05) is 0 Å². The number of nitrogens with two attached hydrogens (primary N) is 1. The molecule has 0 amide bonds. The second-order valence-corrected chi connectivity index (χ2v) is 6.13. The van der Waals surface area contributed by atoms with Gasteiger partial charge in [-0.15, -0.1) is 0 Å². The first-order valence-electron chi connectivity index (χ1n) is 6.28. The van der Waals surface area contributed by atoms with Crippen molar-refractivity contribution in [3.05, 3.63) is 20.8 Å². The number of nitrogens with zero attached hydrogens (tertiary/aromatic N) is 1. The number of hydrazine groups is 1. The van der Waals surface area contributed by atoms with Gasteiger partial charge in [-0.1, -0.05) is 6.92 Å². The zero-order valence-electron chi connectivity index (χ0n) is 10.6. The number of hydrogen-bond donors (Lipinski definition) is 2. The van der Waals surface area contributed by atoms with E-state index < -0.39 is 0 Å². The van der Waals surface area contributed by atoms with Gasteiger partial charge >= 0.3 is 0 Å². The predicted octanol–water partition coefficient (Wildman–Crippen LogP) is 2.13. The van der Waals surface area contributed by atoms with E-state index in [9.17, 15) is 0 Å². The second kappa shape index (κ2) is 6.98. The first kappa shape index (κ1) is 14.4. The fraction of sp³-hybridized carbons (Fsp3) is 0.667. The Morgan fingerprint density at radius 2 is 2.50 bits per heavy atom. The number of nitrogens with one attached hydrogen (secondary N) is 1. The number of hydrogen-bond acceptors (Lipinski definition) is 5. The third kappa shape index (κ3) is 3.31. The van der Waals surface area contributed by atoms with Crippen molar-refractivity contribution >= 4 is 27.3 Å². The zero-order valence-corrected chi connectivity index (χ0v) is 13.0. The Balaban J connectivity index is 2.06. The van der Waals surface area contributed by atoms with E-state index in [1.165, 1.54) is 12.0 Å². The Morgan fingerprint density at radius 3 is 3.11 bits per heavy atom. The largest absolute Gasteiger partial charge is 0.374 e. The van der Waals surface area contributed by atoms with Crippen molar-refractivity contribution in [3.63, 3.8) is 0 Å². The lowest BCUT2D eigenvalue weighted by molar-refractivity contribution is -0.0471. The number of halogens is 1. The molecule has 102 valence electrons. The Morgan fingerprint density at radius 1 is 1.67 bits per heavy atom. The molecule has 0 radical (unpaired) electrons. The molecule has 0 aliphatic carbocycles. The highest BCUT2D eigenvalue weighted by Gasteiger charge is 2.29. The third-order valence-corrected chi connectivity index (χ3v) is 5.00. The van der Waals surface area contributed by atoms with Crippen molar-refractivity contribution in [2.45, 2.75) is 25.5 Å². The van der Waals surface area contributed by atoms with Gasteiger partial charge in [0.05, 0.1) is 18.8 Å². The molecule has 0 spiro atoms. The highest BCUT2D eigenvalue weighted by Crippen LogP contribution is 2.31.